The molecule has 138 valence electrons. The summed E-state index contributed by atoms with van der Waals surface area (Å²) in [6, 6.07) is 18.4. The highest BCUT2D eigenvalue weighted by atomic mass is 79.9. The summed E-state index contributed by atoms with van der Waals surface area (Å²) in [7, 11) is 0. The fourth-order valence-corrected chi connectivity index (χ4v) is 4.36. The van der Waals surface area contributed by atoms with Crippen molar-refractivity contribution in [3.05, 3.63) is 70.2 Å². The van der Waals surface area contributed by atoms with E-state index in [1.54, 1.807) is 0 Å². The first kappa shape index (κ1) is 19.4. The van der Waals surface area contributed by atoms with Gasteiger partial charge in [0.1, 0.15) is 0 Å². The maximum absolute atomic E-state index is 13.0. The van der Waals surface area contributed by atoms with Gasteiger partial charge >= 0.3 is 0 Å². The van der Waals surface area contributed by atoms with E-state index in [2.05, 4.69) is 50.8 Å². The summed E-state index contributed by atoms with van der Waals surface area (Å²) in [5.74, 6) is 0.384. The van der Waals surface area contributed by atoms with E-state index >= 15 is 0 Å². The van der Waals surface area contributed by atoms with Gasteiger partial charge in [0.15, 0.2) is 0 Å². The Morgan fingerprint density at radius 2 is 1.65 bits per heavy atom. The second-order valence-electron chi connectivity index (χ2n) is 7.27. The highest BCUT2D eigenvalue weighted by Crippen LogP contribution is 2.58. The number of benzene rings is 2. The molecule has 2 fully saturated rings. The van der Waals surface area contributed by atoms with Gasteiger partial charge in [-0.3, -0.25) is 4.79 Å². The van der Waals surface area contributed by atoms with E-state index in [0.29, 0.717) is 0 Å². The predicted molar refractivity (Wildman–Crippen MR) is 110 cm³/mol. The number of carbonyl (C=O) groups is 1. The van der Waals surface area contributed by atoms with Crippen LogP contribution in [0.2, 0.25) is 0 Å². The Balaban J connectivity index is 0.00000196. The van der Waals surface area contributed by atoms with Crippen LogP contribution in [-0.2, 0) is 4.79 Å². The second kappa shape index (κ2) is 8.12. The van der Waals surface area contributed by atoms with E-state index in [1.165, 1.54) is 0 Å². The molecule has 2 N–H and O–H groups in total. The molecule has 1 aliphatic heterocycles. The Kier molecular flexibility index (Phi) is 6.06. The second-order valence-corrected chi connectivity index (χ2v) is 8.19. The van der Waals surface area contributed by atoms with Gasteiger partial charge in [0.25, 0.3) is 0 Å². The van der Waals surface area contributed by atoms with Crippen molar-refractivity contribution < 1.29 is 4.79 Å². The molecule has 1 heterocycles. The van der Waals surface area contributed by atoms with Crippen LogP contribution in [0, 0.1) is 11.3 Å². The van der Waals surface area contributed by atoms with Crippen molar-refractivity contribution >= 4 is 34.2 Å². The van der Waals surface area contributed by atoms with Crippen LogP contribution in [0.15, 0.2) is 59.1 Å². The minimum atomic E-state index is -0.0961. The van der Waals surface area contributed by atoms with Crippen LogP contribution in [0.25, 0.3) is 0 Å². The van der Waals surface area contributed by atoms with E-state index in [9.17, 15) is 4.79 Å². The summed E-state index contributed by atoms with van der Waals surface area (Å²) in [6.07, 6.45) is 3.29. The minimum absolute atomic E-state index is 0. The lowest BCUT2D eigenvalue weighted by Crippen LogP contribution is -2.35. The largest absolute Gasteiger partial charge is 0.345 e. The van der Waals surface area contributed by atoms with Crippen molar-refractivity contribution in [3.8, 4) is 0 Å². The topological polar surface area (TPSA) is 41.1 Å². The van der Waals surface area contributed by atoms with Gasteiger partial charge in [-0.1, -0.05) is 58.4 Å². The zero-order valence-corrected chi connectivity index (χ0v) is 17.0. The maximum Gasteiger partial charge on any atom is 0.224 e. The van der Waals surface area contributed by atoms with Gasteiger partial charge in [0, 0.05) is 10.4 Å². The quantitative estimate of drug-likeness (QED) is 0.744. The van der Waals surface area contributed by atoms with Crippen LogP contribution >= 0.6 is 28.3 Å². The van der Waals surface area contributed by atoms with Crippen molar-refractivity contribution in [1.29, 1.82) is 0 Å². The Morgan fingerprint density at radius 3 is 2.31 bits per heavy atom. The Morgan fingerprint density at radius 1 is 1.04 bits per heavy atom. The molecule has 1 spiro atoms. The number of nitrogens with one attached hydrogen (secondary N) is 2. The van der Waals surface area contributed by atoms with Crippen LogP contribution in [-0.4, -0.2) is 19.0 Å². The molecule has 1 saturated carbocycles. The normalized spacial score (nSPS) is 21.5. The van der Waals surface area contributed by atoms with Crippen molar-refractivity contribution in [2.75, 3.05) is 13.1 Å². The van der Waals surface area contributed by atoms with E-state index in [0.717, 1.165) is 48.0 Å². The molecule has 1 saturated heterocycles. The molecule has 1 amide bonds. The molecule has 4 rings (SSSR count). The molecule has 2 aromatic rings. The van der Waals surface area contributed by atoms with Gasteiger partial charge < -0.3 is 10.6 Å². The number of rotatable bonds is 4. The molecule has 0 radical (unpaired) electrons. The van der Waals surface area contributed by atoms with E-state index < -0.39 is 0 Å². The zero-order valence-electron chi connectivity index (χ0n) is 14.6. The number of piperidine rings is 1. The van der Waals surface area contributed by atoms with E-state index in [1.807, 2.05) is 30.3 Å². The predicted octanol–water partition coefficient (Wildman–Crippen LogP) is 4.47. The Labute approximate surface area is 169 Å². The van der Waals surface area contributed by atoms with E-state index in [-0.39, 0.29) is 35.7 Å². The fraction of sp³-hybridized carbons (Fsp3) is 0.381. The maximum atomic E-state index is 13.0. The number of carbonyl (C=O) groups excluding carboxylic acids is 1. The number of halogens is 2. The summed E-state index contributed by atoms with van der Waals surface area (Å²) < 4.78 is 1.05. The molecule has 5 heteroatoms. The van der Waals surface area contributed by atoms with E-state index in [4.69, 9.17) is 0 Å². The van der Waals surface area contributed by atoms with Crippen LogP contribution in [0.1, 0.15) is 36.4 Å². The van der Waals surface area contributed by atoms with Crippen LogP contribution in [0.3, 0.4) is 0 Å². The summed E-state index contributed by atoms with van der Waals surface area (Å²) in [6.45, 7) is 2.08. The lowest BCUT2D eigenvalue weighted by molar-refractivity contribution is -0.123. The molecule has 26 heavy (non-hydrogen) atoms. The zero-order chi connectivity index (χ0) is 17.3. The first-order valence-electron chi connectivity index (χ1n) is 8.99. The molecule has 0 bridgehead atoms. The number of hydrogen-bond donors (Lipinski definition) is 2. The Bertz CT molecular complexity index is 744. The third kappa shape index (κ3) is 3.98. The summed E-state index contributed by atoms with van der Waals surface area (Å²) in [5.41, 5.74) is 2.50. The lowest BCUT2D eigenvalue weighted by atomic mass is 9.91. The van der Waals surface area contributed by atoms with Crippen molar-refractivity contribution in [2.45, 2.75) is 25.3 Å². The molecule has 0 aromatic heterocycles. The molecule has 3 nitrogen and oxygen atoms in total. The summed E-state index contributed by atoms with van der Waals surface area (Å²) >= 11 is 3.49. The molecule has 2 aromatic carbocycles. The molecular weight excluding hydrogens is 412 g/mol. The number of amides is 1. The third-order valence-electron chi connectivity index (χ3n) is 5.73. The average Bonchev–Trinajstić information content (AvgIpc) is 3.35. The molecule has 2 aliphatic rings. The first-order valence-corrected chi connectivity index (χ1v) is 9.79. The van der Waals surface area contributed by atoms with Crippen molar-refractivity contribution in [2.24, 2.45) is 11.3 Å². The van der Waals surface area contributed by atoms with Crippen molar-refractivity contribution in [3.63, 3.8) is 0 Å². The summed E-state index contributed by atoms with van der Waals surface area (Å²) in [4.78, 5) is 13.0. The SMILES string of the molecule is Cl.O=C(NC(c1ccccc1)c1ccc(Br)cc1)C1CC12CCNCC2. The lowest BCUT2D eigenvalue weighted by Gasteiger charge is -2.25. The van der Waals surface area contributed by atoms with Gasteiger partial charge in [-0.05, 0) is 61.0 Å². The highest BCUT2D eigenvalue weighted by Gasteiger charge is 2.57. The monoisotopic (exact) mass is 434 g/mol. The van der Waals surface area contributed by atoms with Gasteiger partial charge in [-0.15, -0.1) is 12.4 Å². The minimum Gasteiger partial charge on any atom is -0.345 e. The van der Waals surface area contributed by atoms with Crippen LogP contribution in [0.5, 0.6) is 0 Å². The third-order valence-corrected chi connectivity index (χ3v) is 6.26. The van der Waals surface area contributed by atoms with Crippen LogP contribution < -0.4 is 10.6 Å². The fourth-order valence-electron chi connectivity index (χ4n) is 4.10. The van der Waals surface area contributed by atoms with Gasteiger partial charge in [0.2, 0.25) is 5.91 Å². The molecule has 2 atom stereocenters. The standard InChI is InChI=1S/C21H23BrN2O.ClH/c22-17-8-6-16(7-9-17)19(15-4-2-1-3-5-15)24-20(25)18-14-21(18)10-12-23-13-11-21;/h1-9,18-19,23H,10-14H2,(H,24,25);1H. The summed E-state index contributed by atoms with van der Waals surface area (Å²) in [5, 5.41) is 6.73. The van der Waals surface area contributed by atoms with Gasteiger partial charge in [-0.2, -0.15) is 0 Å². The Hall–Kier alpha value is -1.36. The van der Waals surface area contributed by atoms with Gasteiger partial charge in [0.05, 0.1) is 6.04 Å². The highest BCUT2D eigenvalue weighted by molar-refractivity contribution is 9.10. The van der Waals surface area contributed by atoms with Crippen LogP contribution in [0.4, 0.5) is 0 Å². The first-order chi connectivity index (χ1) is 12.2. The number of hydrogen-bond acceptors (Lipinski definition) is 2. The van der Waals surface area contributed by atoms with Crippen molar-refractivity contribution in [1.82, 2.24) is 10.6 Å². The molecular formula is C21H24BrClN2O. The van der Waals surface area contributed by atoms with Gasteiger partial charge in [-0.25, -0.2) is 0 Å². The molecule has 1 aliphatic carbocycles. The average molecular weight is 436 g/mol. The molecule has 2 unspecified atom stereocenters. The smallest absolute Gasteiger partial charge is 0.224 e.